The second-order valence-electron chi connectivity index (χ2n) is 5.03. The zero-order chi connectivity index (χ0) is 13.9. The lowest BCUT2D eigenvalue weighted by Gasteiger charge is -2.12. The molecule has 3 aromatic rings. The van der Waals surface area contributed by atoms with E-state index in [-0.39, 0.29) is 0 Å². The van der Waals surface area contributed by atoms with Crippen molar-refractivity contribution in [1.29, 1.82) is 0 Å². The molecule has 0 atom stereocenters. The van der Waals surface area contributed by atoms with Gasteiger partial charge in [0.05, 0.1) is 5.69 Å². The highest BCUT2D eigenvalue weighted by Gasteiger charge is 2.11. The first-order valence-corrected chi connectivity index (χ1v) is 6.84. The molecule has 0 aliphatic rings. The number of hydrogen-bond acceptors (Lipinski definition) is 1. The molecule has 0 aliphatic heterocycles. The van der Waals surface area contributed by atoms with Crippen LogP contribution in [0.2, 0.25) is 0 Å². The molecule has 0 aliphatic carbocycles. The molecule has 98 valence electrons. The summed E-state index contributed by atoms with van der Waals surface area (Å²) in [5, 5.41) is 0. The van der Waals surface area contributed by atoms with E-state index in [1.807, 2.05) is 12.3 Å². The van der Waals surface area contributed by atoms with Crippen molar-refractivity contribution in [3.8, 4) is 22.4 Å². The van der Waals surface area contributed by atoms with Crippen molar-refractivity contribution in [3.63, 3.8) is 0 Å². The number of aryl methyl sites for hydroxylation is 2. The van der Waals surface area contributed by atoms with Gasteiger partial charge in [0, 0.05) is 17.3 Å². The summed E-state index contributed by atoms with van der Waals surface area (Å²) < 4.78 is 0. The Morgan fingerprint density at radius 3 is 1.80 bits per heavy atom. The second kappa shape index (κ2) is 5.30. The first kappa shape index (κ1) is 12.6. The lowest BCUT2D eigenvalue weighted by atomic mass is 9.94. The van der Waals surface area contributed by atoms with E-state index in [9.17, 15) is 0 Å². The number of benzene rings is 2. The van der Waals surface area contributed by atoms with Gasteiger partial charge < -0.3 is 0 Å². The molecule has 1 heteroatoms. The van der Waals surface area contributed by atoms with Gasteiger partial charge in [-0.25, -0.2) is 0 Å². The average Bonchev–Trinajstić information content (AvgIpc) is 2.48. The fourth-order valence-corrected chi connectivity index (χ4v) is 2.55. The van der Waals surface area contributed by atoms with Crippen LogP contribution >= 0.6 is 0 Å². The molecule has 1 nitrogen and oxygen atoms in total. The smallest absolute Gasteiger partial charge is 0.0783 e. The van der Waals surface area contributed by atoms with Gasteiger partial charge in [0.2, 0.25) is 0 Å². The summed E-state index contributed by atoms with van der Waals surface area (Å²) in [6.45, 7) is 4.27. The molecular formula is C19H17N. The third kappa shape index (κ3) is 2.23. The van der Waals surface area contributed by atoms with Gasteiger partial charge in [-0.3, -0.25) is 4.98 Å². The van der Waals surface area contributed by atoms with E-state index >= 15 is 0 Å². The van der Waals surface area contributed by atoms with Crippen LogP contribution in [0.1, 0.15) is 11.1 Å². The van der Waals surface area contributed by atoms with E-state index in [0.29, 0.717) is 0 Å². The van der Waals surface area contributed by atoms with Gasteiger partial charge in [0.1, 0.15) is 0 Å². The van der Waals surface area contributed by atoms with E-state index in [4.69, 9.17) is 0 Å². The Morgan fingerprint density at radius 2 is 1.15 bits per heavy atom. The molecule has 0 bridgehead atoms. The van der Waals surface area contributed by atoms with Crippen LogP contribution in [-0.4, -0.2) is 4.98 Å². The van der Waals surface area contributed by atoms with Gasteiger partial charge in [-0.05, 0) is 36.6 Å². The summed E-state index contributed by atoms with van der Waals surface area (Å²) in [5.74, 6) is 0. The highest BCUT2D eigenvalue weighted by atomic mass is 14.7. The van der Waals surface area contributed by atoms with Crippen LogP contribution in [0.5, 0.6) is 0 Å². The Labute approximate surface area is 119 Å². The van der Waals surface area contributed by atoms with Crippen LogP contribution < -0.4 is 0 Å². The van der Waals surface area contributed by atoms with Crippen molar-refractivity contribution in [2.45, 2.75) is 13.8 Å². The van der Waals surface area contributed by atoms with Crippen LogP contribution in [-0.2, 0) is 0 Å². The van der Waals surface area contributed by atoms with E-state index in [0.717, 1.165) is 5.69 Å². The predicted molar refractivity (Wildman–Crippen MR) is 84.6 cm³/mol. The molecule has 1 aromatic heterocycles. The minimum Gasteiger partial charge on any atom is -0.256 e. The third-order valence-electron chi connectivity index (χ3n) is 3.64. The van der Waals surface area contributed by atoms with Crippen LogP contribution in [0.25, 0.3) is 22.4 Å². The van der Waals surface area contributed by atoms with Crippen LogP contribution in [0.3, 0.4) is 0 Å². The molecule has 0 amide bonds. The van der Waals surface area contributed by atoms with E-state index in [2.05, 4.69) is 73.4 Å². The van der Waals surface area contributed by atoms with Crippen molar-refractivity contribution < 1.29 is 0 Å². The first-order chi connectivity index (χ1) is 9.77. The largest absolute Gasteiger partial charge is 0.256 e. The molecule has 0 N–H and O–H groups in total. The minimum atomic E-state index is 1.06. The van der Waals surface area contributed by atoms with Gasteiger partial charge in [0.25, 0.3) is 0 Å². The van der Waals surface area contributed by atoms with Crippen molar-refractivity contribution in [1.82, 2.24) is 4.98 Å². The molecule has 3 rings (SSSR count). The Morgan fingerprint density at radius 1 is 0.600 bits per heavy atom. The fourth-order valence-electron chi connectivity index (χ4n) is 2.55. The summed E-state index contributed by atoms with van der Waals surface area (Å²) in [6.07, 6.45) is 1.86. The number of rotatable bonds is 2. The molecule has 0 saturated heterocycles. The minimum absolute atomic E-state index is 1.06. The molecule has 0 fully saturated rings. The monoisotopic (exact) mass is 259 g/mol. The molecule has 2 aromatic carbocycles. The van der Waals surface area contributed by atoms with Crippen LogP contribution in [0, 0.1) is 13.8 Å². The average molecular weight is 259 g/mol. The summed E-state index contributed by atoms with van der Waals surface area (Å²) in [7, 11) is 0. The van der Waals surface area contributed by atoms with Gasteiger partial charge in [0.15, 0.2) is 0 Å². The van der Waals surface area contributed by atoms with Crippen molar-refractivity contribution in [3.05, 3.63) is 78.0 Å². The van der Waals surface area contributed by atoms with E-state index < -0.39 is 0 Å². The van der Waals surface area contributed by atoms with Gasteiger partial charge >= 0.3 is 0 Å². The third-order valence-corrected chi connectivity index (χ3v) is 3.64. The molecule has 0 spiro atoms. The number of nitrogens with zero attached hydrogens (tertiary/aromatic N) is 1. The summed E-state index contributed by atoms with van der Waals surface area (Å²) in [5.41, 5.74) is 7.22. The molecule has 0 saturated carbocycles. The number of aromatic nitrogens is 1. The van der Waals surface area contributed by atoms with Crippen LogP contribution in [0.4, 0.5) is 0 Å². The fraction of sp³-hybridized carbons (Fsp3) is 0.105. The normalized spacial score (nSPS) is 10.5. The highest BCUT2D eigenvalue weighted by molar-refractivity contribution is 5.83. The van der Waals surface area contributed by atoms with E-state index in [1.54, 1.807) is 0 Å². The standard InChI is InChI=1S/C19H17N/c1-14-8-3-5-10-16(14)18-12-7-13-20-19(18)17-11-6-4-9-15(17)2/h3-13H,1-2H3. The lowest BCUT2D eigenvalue weighted by molar-refractivity contribution is 1.30. The van der Waals surface area contributed by atoms with E-state index in [1.165, 1.54) is 27.8 Å². The highest BCUT2D eigenvalue weighted by Crippen LogP contribution is 2.33. The quantitative estimate of drug-likeness (QED) is 0.628. The van der Waals surface area contributed by atoms with Gasteiger partial charge in [-0.2, -0.15) is 0 Å². The van der Waals surface area contributed by atoms with Crippen molar-refractivity contribution in [2.24, 2.45) is 0 Å². The molecule has 0 unspecified atom stereocenters. The predicted octanol–water partition coefficient (Wildman–Crippen LogP) is 5.03. The molecule has 20 heavy (non-hydrogen) atoms. The summed E-state index contributed by atoms with van der Waals surface area (Å²) in [4.78, 5) is 4.63. The molecule has 0 radical (unpaired) electrons. The van der Waals surface area contributed by atoms with Gasteiger partial charge in [-0.1, -0.05) is 54.6 Å². The maximum Gasteiger partial charge on any atom is 0.0783 e. The van der Waals surface area contributed by atoms with Gasteiger partial charge in [-0.15, -0.1) is 0 Å². The maximum atomic E-state index is 4.63. The molecule has 1 heterocycles. The Balaban J connectivity index is 2.25. The number of hydrogen-bond donors (Lipinski definition) is 0. The lowest BCUT2D eigenvalue weighted by Crippen LogP contribution is -1.92. The van der Waals surface area contributed by atoms with Crippen LogP contribution in [0.15, 0.2) is 66.9 Å². The zero-order valence-corrected chi connectivity index (χ0v) is 11.8. The first-order valence-electron chi connectivity index (χ1n) is 6.84. The zero-order valence-electron chi connectivity index (χ0n) is 11.8. The summed E-state index contributed by atoms with van der Waals surface area (Å²) >= 11 is 0. The SMILES string of the molecule is Cc1ccccc1-c1cccnc1-c1ccccc1C. The molecular weight excluding hydrogens is 242 g/mol. The van der Waals surface area contributed by atoms with Crippen molar-refractivity contribution >= 4 is 0 Å². The topological polar surface area (TPSA) is 12.9 Å². The summed E-state index contributed by atoms with van der Waals surface area (Å²) in [6, 6.07) is 21.0. The Kier molecular flexibility index (Phi) is 3.34. The maximum absolute atomic E-state index is 4.63. The number of pyridine rings is 1. The Bertz CT molecular complexity index is 680. The second-order valence-corrected chi connectivity index (χ2v) is 5.03. The van der Waals surface area contributed by atoms with Crippen molar-refractivity contribution in [2.75, 3.05) is 0 Å². The Hall–Kier alpha value is -2.41.